The lowest BCUT2D eigenvalue weighted by Crippen LogP contribution is -2.40. The molecule has 1 atom stereocenters. The second-order valence-electron chi connectivity index (χ2n) is 5.40. The monoisotopic (exact) mass is 292 g/mol. The van der Waals surface area contributed by atoms with Gasteiger partial charge in [0.1, 0.15) is 0 Å². The van der Waals surface area contributed by atoms with Gasteiger partial charge >= 0.3 is 0 Å². The van der Waals surface area contributed by atoms with Crippen LogP contribution in [0, 0.1) is 0 Å². The highest BCUT2D eigenvalue weighted by Crippen LogP contribution is 2.36. The van der Waals surface area contributed by atoms with Crippen LogP contribution < -0.4 is 0 Å². The van der Waals surface area contributed by atoms with Crippen molar-refractivity contribution in [3.63, 3.8) is 0 Å². The van der Waals surface area contributed by atoms with Gasteiger partial charge in [-0.25, -0.2) is 0 Å². The van der Waals surface area contributed by atoms with Crippen molar-refractivity contribution < 1.29 is 19.0 Å². The SMILES string of the molecule is CCCCCc1cccc(C2(C(C)OC=O)OCCO2)c1. The van der Waals surface area contributed by atoms with Gasteiger partial charge in [-0.1, -0.05) is 44.0 Å². The van der Waals surface area contributed by atoms with Crippen molar-refractivity contribution in [3.05, 3.63) is 35.4 Å². The third-order valence-corrected chi connectivity index (χ3v) is 3.91. The van der Waals surface area contributed by atoms with Gasteiger partial charge in [-0.2, -0.15) is 0 Å². The molecular weight excluding hydrogens is 268 g/mol. The predicted molar refractivity (Wildman–Crippen MR) is 79.9 cm³/mol. The highest BCUT2D eigenvalue weighted by Gasteiger charge is 2.45. The Morgan fingerprint density at radius 3 is 2.76 bits per heavy atom. The number of ether oxygens (including phenoxy) is 3. The summed E-state index contributed by atoms with van der Waals surface area (Å²) >= 11 is 0. The van der Waals surface area contributed by atoms with E-state index in [4.69, 9.17) is 14.2 Å². The van der Waals surface area contributed by atoms with Gasteiger partial charge in [0.2, 0.25) is 5.79 Å². The molecular formula is C17H24O4. The van der Waals surface area contributed by atoms with E-state index in [2.05, 4.69) is 19.1 Å². The third-order valence-electron chi connectivity index (χ3n) is 3.91. The summed E-state index contributed by atoms with van der Waals surface area (Å²) in [6.07, 6.45) is 4.17. The summed E-state index contributed by atoms with van der Waals surface area (Å²) in [5.41, 5.74) is 2.18. The lowest BCUT2D eigenvalue weighted by molar-refractivity contribution is -0.230. The summed E-state index contributed by atoms with van der Waals surface area (Å²) in [4.78, 5) is 10.7. The smallest absolute Gasteiger partial charge is 0.293 e. The molecule has 0 radical (unpaired) electrons. The van der Waals surface area contributed by atoms with Gasteiger partial charge in [0.05, 0.1) is 13.2 Å². The first-order chi connectivity index (χ1) is 10.2. The van der Waals surface area contributed by atoms with E-state index in [1.54, 1.807) is 6.92 Å². The molecule has 1 saturated heterocycles. The molecule has 1 heterocycles. The van der Waals surface area contributed by atoms with Crippen LogP contribution in [-0.4, -0.2) is 25.8 Å². The first-order valence-corrected chi connectivity index (χ1v) is 7.69. The maximum Gasteiger partial charge on any atom is 0.293 e. The van der Waals surface area contributed by atoms with Crippen LogP contribution in [0.2, 0.25) is 0 Å². The van der Waals surface area contributed by atoms with E-state index < -0.39 is 11.9 Å². The van der Waals surface area contributed by atoms with E-state index in [1.165, 1.54) is 24.8 Å². The van der Waals surface area contributed by atoms with E-state index in [0.717, 1.165) is 12.0 Å². The molecule has 0 aliphatic carbocycles. The number of aryl methyl sites for hydroxylation is 1. The lowest BCUT2D eigenvalue weighted by Gasteiger charge is -2.32. The van der Waals surface area contributed by atoms with Gasteiger partial charge in [-0.15, -0.1) is 0 Å². The van der Waals surface area contributed by atoms with Crippen molar-refractivity contribution in [2.75, 3.05) is 13.2 Å². The lowest BCUT2D eigenvalue weighted by atomic mass is 9.96. The van der Waals surface area contributed by atoms with Crippen molar-refractivity contribution in [3.8, 4) is 0 Å². The maximum absolute atomic E-state index is 10.7. The van der Waals surface area contributed by atoms with E-state index in [1.807, 2.05) is 12.1 Å². The van der Waals surface area contributed by atoms with Crippen LogP contribution in [0.4, 0.5) is 0 Å². The number of carbonyl (C=O) groups excluding carboxylic acids is 1. The largest absolute Gasteiger partial charge is 0.459 e. The zero-order valence-corrected chi connectivity index (χ0v) is 12.8. The number of benzene rings is 1. The Labute approximate surface area is 126 Å². The Morgan fingerprint density at radius 2 is 2.10 bits per heavy atom. The van der Waals surface area contributed by atoms with Gasteiger partial charge in [0, 0.05) is 5.56 Å². The Balaban J connectivity index is 2.20. The number of rotatable bonds is 8. The molecule has 1 unspecified atom stereocenters. The van der Waals surface area contributed by atoms with Gasteiger partial charge < -0.3 is 14.2 Å². The molecule has 1 aromatic rings. The first-order valence-electron chi connectivity index (χ1n) is 7.69. The summed E-state index contributed by atoms with van der Waals surface area (Å²) in [5, 5.41) is 0. The fraction of sp³-hybridized carbons (Fsp3) is 0.588. The van der Waals surface area contributed by atoms with Crippen LogP contribution in [0.1, 0.15) is 44.2 Å². The Bertz CT molecular complexity index is 452. The van der Waals surface area contributed by atoms with Gasteiger partial charge in [0.25, 0.3) is 6.47 Å². The zero-order valence-electron chi connectivity index (χ0n) is 12.8. The Hall–Kier alpha value is -1.39. The molecule has 2 rings (SSSR count). The number of hydrogen-bond acceptors (Lipinski definition) is 4. The van der Waals surface area contributed by atoms with Gasteiger partial charge in [-0.05, 0) is 25.3 Å². The minimum atomic E-state index is -0.971. The molecule has 0 saturated carbocycles. The zero-order chi connectivity index (χ0) is 15.1. The molecule has 1 aromatic carbocycles. The highest BCUT2D eigenvalue weighted by atomic mass is 16.8. The average Bonchev–Trinajstić information content (AvgIpc) is 2.99. The predicted octanol–water partition coefficient (Wildman–Crippen LogP) is 3.18. The quantitative estimate of drug-likeness (QED) is 0.545. The standard InChI is InChI=1S/C17H24O4/c1-3-4-5-7-15-8-6-9-16(12-15)17(14(2)19-13-18)20-10-11-21-17/h6,8-9,12-14H,3-5,7,10-11H2,1-2H3. The number of hydrogen-bond donors (Lipinski definition) is 0. The molecule has 116 valence electrons. The molecule has 21 heavy (non-hydrogen) atoms. The van der Waals surface area contributed by atoms with Crippen LogP contribution >= 0.6 is 0 Å². The molecule has 0 aromatic heterocycles. The highest BCUT2D eigenvalue weighted by molar-refractivity contribution is 5.38. The van der Waals surface area contributed by atoms with Gasteiger partial charge in [-0.3, -0.25) is 4.79 Å². The average molecular weight is 292 g/mol. The minimum absolute atomic E-state index is 0.447. The first kappa shape index (κ1) is 16.0. The molecule has 0 N–H and O–H groups in total. The Morgan fingerprint density at radius 1 is 1.33 bits per heavy atom. The normalized spacial score (nSPS) is 18.4. The summed E-state index contributed by atoms with van der Waals surface area (Å²) < 4.78 is 16.7. The van der Waals surface area contributed by atoms with Crippen LogP contribution in [-0.2, 0) is 31.2 Å². The van der Waals surface area contributed by atoms with Crippen LogP contribution in [0.3, 0.4) is 0 Å². The molecule has 1 aliphatic heterocycles. The van der Waals surface area contributed by atoms with E-state index in [0.29, 0.717) is 19.7 Å². The molecule has 0 spiro atoms. The fourth-order valence-electron chi connectivity index (χ4n) is 2.76. The maximum atomic E-state index is 10.7. The second kappa shape index (κ2) is 7.57. The molecule has 0 bridgehead atoms. The van der Waals surface area contributed by atoms with Crippen molar-refractivity contribution in [2.24, 2.45) is 0 Å². The van der Waals surface area contributed by atoms with Crippen molar-refractivity contribution in [1.29, 1.82) is 0 Å². The summed E-state index contributed by atoms with van der Waals surface area (Å²) in [7, 11) is 0. The van der Waals surface area contributed by atoms with Crippen LogP contribution in [0.15, 0.2) is 24.3 Å². The van der Waals surface area contributed by atoms with E-state index >= 15 is 0 Å². The topological polar surface area (TPSA) is 44.8 Å². The van der Waals surface area contributed by atoms with Crippen molar-refractivity contribution in [1.82, 2.24) is 0 Å². The van der Waals surface area contributed by atoms with Crippen LogP contribution in [0.5, 0.6) is 0 Å². The van der Waals surface area contributed by atoms with E-state index in [9.17, 15) is 4.79 Å². The molecule has 1 fully saturated rings. The third kappa shape index (κ3) is 3.63. The number of unbranched alkanes of at least 4 members (excludes halogenated alkanes) is 2. The molecule has 1 aliphatic rings. The van der Waals surface area contributed by atoms with E-state index in [-0.39, 0.29) is 0 Å². The molecule has 4 heteroatoms. The minimum Gasteiger partial charge on any atom is -0.459 e. The Kier molecular flexibility index (Phi) is 5.76. The summed E-state index contributed by atoms with van der Waals surface area (Å²) in [6, 6.07) is 8.20. The van der Waals surface area contributed by atoms with Crippen molar-refractivity contribution in [2.45, 2.75) is 51.4 Å². The second-order valence-corrected chi connectivity index (χ2v) is 5.40. The fourth-order valence-corrected chi connectivity index (χ4v) is 2.76. The summed E-state index contributed by atoms with van der Waals surface area (Å²) in [5.74, 6) is -0.971. The number of carbonyl (C=O) groups is 1. The molecule has 4 nitrogen and oxygen atoms in total. The van der Waals surface area contributed by atoms with Crippen LogP contribution in [0.25, 0.3) is 0 Å². The molecule has 0 amide bonds. The van der Waals surface area contributed by atoms with Crippen molar-refractivity contribution >= 4 is 6.47 Å². The summed E-state index contributed by atoms with van der Waals surface area (Å²) in [6.45, 7) is 5.45. The van der Waals surface area contributed by atoms with Gasteiger partial charge in [0.15, 0.2) is 6.10 Å².